The molecule has 0 atom stereocenters. The molecular formula is C24H23F6N5O. The number of carbonyl (C=O) groups excluding carboxylic acids is 1. The molecule has 2 aliphatic rings. The molecule has 0 bridgehead atoms. The van der Waals surface area contributed by atoms with Gasteiger partial charge < -0.3 is 20.1 Å². The minimum atomic E-state index is -4.73. The van der Waals surface area contributed by atoms with E-state index < -0.39 is 29.2 Å². The molecule has 0 radical (unpaired) electrons. The minimum Gasteiger partial charge on any atom is -0.339 e. The lowest BCUT2D eigenvalue weighted by Crippen LogP contribution is -2.51. The number of rotatable bonds is 3. The Morgan fingerprint density at radius 1 is 0.944 bits per heavy atom. The van der Waals surface area contributed by atoms with Gasteiger partial charge in [0.15, 0.2) is 17.5 Å². The van der Waals surface area contributed by atoms with Gasteiger partial charge in [-0.05, 0) is 55.8 Å². The Kier molecular flexibility index (Phi) is 6.31. The van der Waals surface area contributed by atoms with Gasteiger partial charge in [0.2, 0.25) is 11.9 Å². The summed E-state index contributed by atoms with van der Waals surface area (Å²) in [5.41, 5.74) is -1.40. The van der Waals surface area contributed by atoms with E-state index in [0.717, 1.165) is 38.1 Å². The summed E-state index contributed by atoms with van der Waals surface area (Å²) in [5, 5.41) is 3.23. The third-order valence-electron chi connectivity index (χ3n) is 6.78. The van der Waals surface area contributed by atoms with Gasteiger partial charge in [0.1, 0.15) is 0 Å². The number of carbonyl (C=O) groups is 1. The van der Waals surface area contributed by atoms with E-state index in [1.54, 1.807) is 4.90 Å². The molecular weight excluding hydrogens is 488 g/mol. The molecule has 3 aromatic rings. The maximum atomic E-state index is 13.9. The van der Waals surface area contributed by atoms with E-state index in [9.17, 15) is 31.1 Å². The van der Waals surface area contributed by atoms with Crippen LogP contribution in [0.15, 0.2) is 24.3 Å². The van der Waals surface area contributed by atoms with E-state index in [2.05, 4.69) is 15.3 Å². The first kappa shape index (κ1) is 24.4. The quantitative estimate of drug-likeness (QED) is 0.406. The van der Waals surface area contributed by atoms with E-state index in [4.69, 9.17) is 0 Å². The first-order valence-electron chi connectivity index (χ1n) is 11.6. The molecule has 2 aliphatic heterocycles. The summed E-state index contributed by atoms with van der Waals surface area (Å²) in [6.07, 6.45) is -3.15. The Morgan fingerprint density at radius 3 is 2.19 bits per heavy atom. The summed E-state index contributed by atoms with van der Waals surface area (Å²) in [7, 11) is 0. The highest BCUT2D eigenvalue weighted by Crippen LogP contribution is 2.38. The van der Waals surface area contributed by atoms with Crippen molar-refractivity contribution in [2.24, 2.45) is 5.92 Å². The van der Waals surface area contributed by atoms with Crippen molar-refractivity contribution in [3.63, 3.8) is 0 Å². The molecule has 0 aliphatic carbocycles. The highest BCUT2D eigenvalue weighted by molar-refractivity contribution is 5.94. The molecule has 0 spiro atoms. The van der Waals surface area contributed by atoms with Crippen molar-refractivity contribution in [1.29, 1.82) is 0 Å². The number of H-pyrrole nitrogens is 1. The second-order valence-electron chi connectivity index (χ2n) is 9.07. The first-order chi connectivity index (χ1) is 17.1. The number of imidazole rings is 1. The zero-order valence-electron chi connectivity index (χ0n) is 19.1. The number of amides is 1. The fourth-order valence-corrected chi connectivity index (χ4v) is 4.81. The van der Waals surface area contributed by atoms with Crippen LogP contribution in [0.1, 0.15) is 18.4 Å². The smallest absolute Gasteiger partial charge is 0.339 e. The summed E-state index contributed by atoms with van der Waals surface area (Å²) in [6, 6.07) is 2.91. The Balaban J connectivity index is 1.45. The van der Waals surface area contributed by atoms with Crippen molar-refractivity contribution in [2.45, 2.75) is 19.0 Å². The zero-order valence-corrected chi connectivity index (χ0v) is 19.1. The second kappa shape index (κ2) is 9.30. The molecule has 0 saturated carbocycles. The van der Waals surface area contributed by atoms with Gasteiger partial charge in [-0.2, -0.15) is 13.2 Å². The Morgan fingerprint density at radius 2 is 1.58 bits per heavy atom. The minimum absolute atomic E-state index is 0.0103. The third-order valence-corrected chi connectivity index (χ3v) is 6.78. The number of aromatic nitrogens is 2. The van der Waals surface area contributed by atoms with Crippen LogP contribution in [0.3, 0.4) is 0 Å². The molecule has 0 unspecified atom stereocenters. The van der Waals surface area contributed by atoms with Crippen molar-refractivity contribution < 1.29 is 31.1 Å². The molecule has 2 N–H and O–H groups in total. The number of piperazine rings is 1. The zero-order chi connectivity index (χ0) is 25.6. The third kappa shape index (κ3) is 4.61. The number of nitrogens with zero attached hydrogens (tertiary/aromatic N) is 3. The van der Waals surface area contributed by atoms with Crippen LogP contribution in [0.25, 0.3) is 22.2 Å². The predicted octanol–water partition coefficient (Wildman–Crippen LogP) is 4.31. The SMILES string of the molecule is O=C(C1CCNCC1)N1CCN(c2nc3c(-c4cc(F)c(F)c(F)c4)cc(C(F)(F)F)cc3[nH]2)CC1. The van der Waals surface area contributed by atoms with Crippen LogP contribution in [0.4, 0.5) is 32.3 Å². The first-order valence-corrected chi connectivity index (χ1v) is 11.6. The predicted molar refractivity (Wildman–Crippen MR) is 121 cm³/mol. The molecule has 6 nitrogen and oxygen atoms in total. The average Bonchev–Trinajstić information content (AvgIpc) is 3.30. The lowest BCUT2D eigenvalue weighted by atomic mass is 9.96. The molecule has 12 heteroatoms. The fraction of sp³-hybridized carbons (Fsp3) is 0.417. The van der Waals surface area contributed by atoms with Crippen molar-refractivity contribution in [3.05, 3.63) is 47.3 Å². The largest absolute Gasteiger partial charge is 0.416 e. The van der Waals surface area contributed by atoms with Crippen LogP contribution in [-0.2, 0) is 11.0 Å². The number of halogens is 6. The second-order valence-corrected chi connectivity index (χ2v) is 9.07. The summed E-state index contributed by atoms with van der Waals surface area (Å²) in [4.78, 5) is 23.7. The number of hydrogen-bond acceptors (Lipinski definition) is 4. The monoisotopic (exact) mass is 511 g/mol. The van der Waals surface area contributed by atoms with Crippen molar-refractivity contribution in [3.8, 4) is 11.1 Å². The Bertz CT molecular complexity index is 1270. The van der Waals surface area contributed by atoms with Gasteiger partial charge >= 0.3 is 6.18 Å². The molecule has 3 heterocycles. The average molecular weight is 511 g/mol. The maximum absolute atomic E-state index is 13.9. The lowest BCUT2D eigenvalue weighted by Gasteiger charge is -2.37. The van der Waals surface area contributed by atoms with E-state index in [0.29, 0.717) is 38.3 Å². The molecule has 5 rings (SSSR count). The number of hydrogen-bond donors (Lipinski definition) is 2. The van der Waals surface area contributed by atoms with Crippen LogP contribution >= 0.6 is 0 Å². The van der Waals surface area contributed by atoms with Crippen LogP contribution in [0, 0.1) is 23.4 Å². The number of nitrogens with one attached hydrogen (secondary N) is 2. The topological polar surface area (TPSA) is 64.3 Å². The normalized spacial score (nSPS) is 17.7. The summed E-state index contributed by atoms with van der Waals surface area (Å²) in [5.74, 6) is -4.35. The molecule has 2 fully saturated rings. The summed E-state index contributed by atoms with van der Waals surface area (Å²) < 4.78 is 82.0. The fourth-order valence-electron chi connectivity index (χ4n) is 4.81. The lowest BCUT2D eigenvalue weighted by molar-refractivity contribution is -0.137. The maximum Gasteiger partial charge on any atom is 0.416 e. The van der Waals surface area contributed by atoms with Gasteiger partial charge in [-0.1, -0.05) is 0 Å². The van der Waals surface area contributed by atoms with Crippen LogP contribution in [-0.4, -0.2) is 60.0 Å². The number of alkyl halides is 3. The number of benzene rings is 2. The molecule has 1 amide bonds. The number of fused-ring (bicyclic) bond motifs is 1. The van der Waals surface area contributed by atoms with Gasteiger partial charge in [0.25, 0.3) is 0 Å². The van der Waals surface area contributed by atoms with Gasteiger partial charge in [0.05, 0.1) is 16.6 Å². The van der Waals surface area contributed by atoms with Gasteiger partial charge in [0, 0.05) is 37.7 Å². The Hall–Kier alpha value is -3.28. The summed E-state index contributed by atoms with van der Waals surface area (Å²) >= 11 is 0. The molecule has 36 heavy (non-hydrogen) atoms. The van der Waals surface area contributed by atoms with Gasteiger partial charge in [-0.25, -0.2) is 18.2 Å². The number of anilines is 1. The number of aromatic amines is 1. The molecule has 2 aromatic carbocycles. The van der Waals surface area contributed by atoms with Crippen molar-refractivity contribution >= 4 is 22.9 Å². The van der Waals surface area contributed by atoms with Crippen molar-refractivity contribution in [1.82, 2.24) is 20.2 Å². The van der Waals surface area contributed by atoms with Crippen LogP contribution < -0.4 is 10.2 Å². The standard InChI is InChI=1S/C24H23F6N5O/c25-17-9-14(10-18(26)20(17)27)16-11-15(24(28,29)30)12-19-21(16)33-23(32-19)35-7-5-34(6-8-35)22(36)13-1-3-31-4-2-13/h9-13,31H,1-8H2,(H,32,33). The van der Waals surface area contributed by atoms with Crippen molar-refractivity contribution in [2.75, 3.05) is 44.2 Å². The van der Waals surface area contributed by atoms with E-state index >= 15 is 0 Å². The van der Waals surface area contributed by atoms with Gasteiger partial charge in [-0.15, -0.1) is 0 Å². The Labute approximate surface area is 202 Å². The molecule has 1 aromatic heterocycles. The van der Waals surface area contributed by atoms with Gasteiger partial charge in [-0.3, -0.25) is 4.79 Å². The summed E-state index contributed by atoms with van der Waals surface area (Å²) in [6.45, 7) is 3.32. The van der Waals surface area contributed by atoms with E-state index in [-0.39, 0.29) is 39.9 Å². The van der Waals surface area contributed by atoms with E-state index in [1.165, 1.54) is 0 Å². The highest BCUT2D eigenvalue weighted by Gasteiger charge is 2.33. The number of piperidine rings is 1. The van der Waals surface area contributed by atoms with Crippen LogP contribution in [0.2, 0.25) is 0 Å². The van der Waals surface area contributed by atoms with E-state index in [1.807, 2.05) is 4.90 Å². The molecule has 192 valence electrons. The molecule has 2 saturated heterocycles. The highest BCUT2D eigenvalue weighted by atomic mass is 19.4. The van der Waals surface area contributed by atoms with Crippen LogP contribution in [0.5, 0.6) is 0 Å².